The predicted octanol–water partition coefficient (Wildman–Crippen LogP) is 4.99. The summed E-state index contributed by atoms with van der Waals surface area (Å²) in [5, 5.41) is 6.76. The van der Waals surface area contributed by atoms with Crippen LogP contribution in [0, 0.1) is 6.92 Å². The lowest BCUT2D eigenvalue weighted by molar-refractivity contribution is 0.102. The molecule has 5 heteroatoms. The lowest BCUT2D eigenvalue weighted by Crippen LogP contribution is -2.13. The third kappa shape index (κ3) is 3.69. The van der Waals surface area contributed by atoms with E-state index in [-0.39, 0.29) is 5.91 Å². The van der Waals surface area contributed by atoms with E-state index in [1.54, 1.807) is 24.3 Å². The fraction of sp³-hybridized carbons (Fsp3) is 0.188. The number of hydrogen-bond acceptors (Lipinski definition) is 2. The number of carbonyl (C=O) groups is 1. The van der Waals surface area contributed by atoms with Gasteiger partial charge in [0, 0.05) is 17.8 Å². The minimum atomic E-state index is -0.217. The van der Waals surface area contributed by atoms with Crippen LogP contribution in [0.2, 0.25) is 10.0 Å². The third-order valence-corrected chi connectivity index (χ3v) is 3.87. The Morgan fingerprint density at radius 1 is 1.14 bits per heavy atom. The summed E-state index contributed by atoms with van der Waals surface area (Å²) in [6.45, 7) is 4.83. The lowest BCUT2D eigenvalue weighted by atomic mass is 10.1. The van der Waals surface area contributed by atoms with Gasteiger partial charge in [0.15, 0.2) is 0 Å². The van der Waals surface area contributed by atoms with Crippen LogP contribution in [-0.2, 0) is 0 Å². The standard InChI is InChI=1S/C16H16Cl2N2O/c1-3-19-13-8-7-11(9-10(13)2)16(21)20-14-6-4-5-12(17)15(14)18/h4-9,19H,3H2,1-2H3,(H,20,21). The molecular formula is C16H16Cl2N2O. The second-order valence-corrected chi connectivity index (χ2v) is 5.40. The first-order chi connectivity index (χ1) is 10.0. The van der Waals surface area contributed by atoms with Gasteiger partial charge in [0.1, 0.15) is 0 Å². The summed E-state index contributed by atoms with van der Waals surface area (Å²) in [6, 6.07) is 10.6. The second kappa shape index (κ2) is 6.83. The van der Waals surface area contributed by atoms with Crippen molar-refractivity contribution >= 4 is 40.5 Å². The summed E-state index contributed by atoms with van der Waals surface area (Å²) < 4.78 is 0. The molecule has 2 aromatic carbocycles. The molecule has 0 radical (unpaired) electrons. The van der Waals surface area contributed by atoms with Gasteiger partial charge in [-0.2, -0.15) is 0 Å². The number of nitrogens with one attached hydrogen (secondary N) is 2. The van der Waals surface area contributed by atoms with E-state index in [4.69, 9.17) is 23.2 Å². The molecule has 2 aromatic rings. The van der Waals surface area contributed by atoms with Crippen molar-refractivity contribution in [2.75, 3.05) is 17.2 Å². The molecule has 0 bridgehead atoms. The van der Waals surface area contributed by atoms with E-state index in [1.165, 1.54) is 0 Å². The Morgan fingerprint density at radius 3 is 2.57 bits per heavy atom. The monoisotopic (exact) mass is 322 g/mol. The van der Waals surface area contributed by atoms with Crippen molar-refractivity contribution < 1.29 is 4.79 Å². The molecular weight excluding hydrogens is 307 g/mol. The van der Waals surface area contributed by atoms with E-state index >= 15 is 0 Å². The van der Waals surface area contributed by atoms with Gasteiger partial charge in [-0.3, -0.25) is 4.79 Å². The van der Waals surface area contributed by atoms with Crippen LogP contribution in [0.25, 0.3) is 0 Å². The molecule has 2 N–H and O–H groups in total. The number of carbonyl (C=O) groups excluding carboxylic acids is 1. The maximum absolute atomic E-state index is 12.3. The summed E-state index contributed by atoms with van der Waals surface area (Å²) >= 11 is 12.0. The van der Waals surface area contributed by atoms with Crippen molar-refractivity contribution in [3.63, 3.8) is 0 Å². The molecule has 0 saturated carbocycles. The van der Waals surface area contributed by atoms with Gasteiger partial charge in [-0.25, -0.2) is 0 Å². The number of halogens is 2. The highest BCUT2D eigenvalue weighted by molar-refractivity contribution is 6.44. The second-order valence-electron chi connectivity index (χ2n) is 4.62. The first-order valence-corrected chi connectivity index (χ1v) is 7.38. The van der Waals surface area contributed by atoms with Crippen molar-refractivity contribution in [2.45, 2.75) is 13.8 Å². The molecule has 3 nitrogen and oxygen atoms in total. The molecule has 0 atom stereocenters. The molecule has 0 heterocycles. The average molecular weight is 323 g/mol. The Bertz CT molecular complexity index is 671. The molecule has 0 spiro atoms. The van der Waals surface area contributed by atoms with Gasteiger partial charge < -0.3 is 10.6 Å². The minimum Gasteiger partial charge on any atom is -0.385 e. The smallest absolute Gasteiger partial charge is 0.255 e. The van der Waals surface area contributed by atoms with Crippen LogP contribution < -0.4 is 10.6 Å². The Labute approximate surface area is 134 Å². The van der Waals surface area contributed by atoms with Gasteiger partial charge in [-0.1, -0.05) is 29.3 Å². The molecule has 0 aliphatic carbocycles. The van der Waals surface area contributed by atoms with E-state index in [2.05, 4.69) is 10.6 Å². The summed E-state index contributed by atoms with van der Waals surface area (Å²) in [7, 11) is 0. The van der Waals surface area contributed by atoms with Gasteiger partial charge in [0.05, 0.1) is 15.7 Å². The number of anilines is 2. The first kappa shape index (κ1) is 15.7. The number of hydrogen-bond donors (Lipinski definition) is 2. The van der Waals surface area contributed by atoms with Gasteiger partial charge >= 0.3 is 0 Å². The highest BCUT2D eigenvalue weighted by Gasteiger charge is 2.11. The van der Waals surface area contributed by atoms with Crippen LogP contribution in [-0.4, -0.2) is 12.5 Å². The molecule has 1 amide bonds. The van der Waals surface area contributed by atoms with Gasteiger partial charge in [-0.05, 0) is 49.7 Å². The zero-order valence-corrected chi connectivity index (χ0v) is 13.3. The number of benzene rings is 2. The third-order valence-electron chi connectivity index (χ3n) is 3.06. The van der Waals surface area contributed by atoms with Crippen LogP contribution in [0.15, 0.2) is 36.4 Å². The Kier molecular flexibility index (Phi) is 5.10. The van der Waals surface area contributed by atoms with Crippen molar-refractivity contribution in [2.24, 2.45) is 0 Å². The molecule has 0 aromatic heterocycles. The maximum atomic E-state index is 12.3. The normalized spacial score (nSPS) is 10.3. The summed E-state index contributed by atoms with van der Waals surface area (Å²) in [4.78, 5) is 12.3. The molecule has 0 unspecified atom stereocenters. The Morgan fingerprint density at radius 2 is 1.90 bits per heavy atom. The lowest BCUT2D eigenvalue weighted by Gasteiger charge is -2.11. The van der Waals surface area contributed by atoms with E-state index in [0.29, 0.717) is 21.3 Å². The van der Waals surface area contributed by atoms with Gasteiger partial charge in [0.2, 0.25) is 0 Å². The first-order valence-electron chi connectivity index (χ1n) is 6.62. The van der Waals surface area contributed by atoms with Crippen LogP contribution in [0.1, 0.15) is 22.8 Å². The van der Waals surface area contributed by atoms with Gasteiger partial charge in [0.25, 0.3) is 5.91 Å². The molecule has 21 heavy (non-hydrogen) atoms. The zero-order valence-electron chi connectivity index (χ0n) is 11.8. The Balaban J connectivity index is 2.21. The van der Waals surface area contributed by atoms with Crippen molar-refractivity contribution in [3.8, 4) is 0 Å². The van der Waals surface area contributed by atoms with Crippen LogP contribution in [0.3, 0.4) is 0 Å². The van der Waals surface area contributed by atoms with E-state index in [0.717, 1.165) is 17.8 Å². The van der Waals surface area contributed by atoms with Crippen molar-refractivity contribution in [1.82, 2.24) is 0 Å². The number of aryl methyl sites for hydroxylation is 1. The minimum absolute atomic E-state index is 0.217. The van der Waals surface area contributed by atoms with Crippen molar-refractivity contribution in [1.29, 1.82) is 0 Å². The molecule has 0 aliphatic rings. The number of rotatable bonds is 4. The average Bonchev–Trinajstić information content (AvgIpc) is 2.46. The summed E-state index contributed by atoms with van der Waals surface area (Å²) in [5.41, 5.74) is 3.12. The highest BCUT2D eigenvalue weighted by Crippen LogP contribution is 2.30. The van der Waals surface area contributed by atoms with E-state index in [1.807, 2.05) is 26.0 Å². The molecule has 0 aliphatic heterocycles. The zero-order chi connectivity index (χ0) is 15.4. The van der Waals surface area contributed by atoms with Crippen LogP contribution in [0.4, 0.5) is 11.4 Å². The van der Waals surface area contributed by atoms with Crippen LogP contribution >= 0.6 is 23.2 Å². The topological polar surface area (TPSA) is 41.1 Å². The fourth-order valence-corrected chi connectivity index (χ4v) is 2.34. The number of amides is 1. The van der Waals surface area contributed by atoms with Crippen LogP contribution in [0.5, 0.6) is 0 Å². The molecule has 0 saturated heterocycles. The molecule has 0 fully saturated rings. The summed E-state index contributed by atoms with van der Waals surface area (Å²) in [6.07, 6.45) is 0. The largest absolute Gasteiger partial charge is 0.385 e. The van der Waals surface area contributed by atoms with Crippen molar-refractivity contribution in [3.05, 3.63) is 57.6 Å². The fourth-order valence-electron chi connectivity index (χ4n) is 1.99. The summed E-state index contributed by atoms with van der Waals surface area (Å²) in [5.74, 6) is -0.217. The molecule has 110 valence electrons. The molecule has 2 rings (SSSR count). The van der Waals surface area contributed by atoms with Gasteiger partial charge in [-0.15, -0.1) is 0 Å². The highest BCUT2D eigenvalue weighted by atomic mass is 35.5. The quantitative estimate of drug-likeness (QED) is 0.832. The van der Waals surface area contributed by atoms with E-state index < -0.39 is 0 Å². The Hall–Kier alpha value is -1.71. The SMILES string of the molecule is CCNc1ccc(C(=O)Nc2cccc(Cl)c2Cl)cc1C. The maximum Gasteiger partial charge on any atom is 0.255 e. The predicted molar refractivity (Wildman–Crippen MR) is 89.8 cm³/mol. The van der Waals surface area contributed by atoms with E-state index in [9.17, 15) is 4.79 Å².